The molecular formula is C22H26N4. The van der Waals surface area contributed by atoms with Crippen molar-refractivity contribution in [2.24, 2.45) is 0 Å². The molecule has 0 bridgehead atoms. The van der Waals surface area contributed by atoms with Gasteiger partial charge in [-0.3, -0.25) is 9.97 Å². The molecule has 4 nitrogen and oxygen atoms in total. The summed E-state index contributed by atoms with van der Waals surface area (Å²) in [4.78, 5) is 9.20. The molecule has 2 heterocycles. The SMILES string of the molecule is Cc1ccc2cccc(N[C@H]3CCCC[C@@H]3NCc3ccccn3)c2n1. The molecule has 0 aliphatic heterocycles. The first-order valence-electron chi connectivity index (χ1n) is 9.56. The summed E-state index contributed by atoms with van der Waals surface area (Å²) in [5.74, 6) is 0. The van der Waals surface area contributed by atoms with Crippen molar-refractivity contribution in [2.45, 2.75) is 51.2 Å². The first kappa shape index (κ1) is 17.0. The van der Waals surface area contributed by atoms with Crippen molar-refractivity contribution < 1.29 is 0 Å². The zero-order chi connectivity index (χ0) is 17.8. The molecule has 0 spiro atoms. The van der Waals surface area contributed by atoms with E-state index in [0.29, 0.717) is 12.1 Å². The first-order valence-corrected chi connectivity index (χ1v) is 9.56. The van der Waals surface area contributed by atoms with Crippen LogP contribution in [0.1, 0.15) is 37.1 Å². The van der Waals surface area contributed by atoms with Gasteiger partial charge in [-0.2, -0.15) is 0 Å². The van der Waals surface area contributed by atoms with Crippen molar-refractivity contribution >= 4 is 16.6 Å². The van der Waals surface area contributed by atoms with Gasteiger partial charge >= 0.3 is 0 Å². The van der Waals surface area contributed by atoms with Gasteiger partial charge in [-0.05, 0) is 44.0 Å². The second-order valence-corrected chi connectivity index (χ2v) is 7.17. The average Bonchev–Trinajstić information content (AvgIpc) is 2.68. The number of pyridine rings is 2. The van der Waals surface area contributed by atoms with E-state index in [2.05, 4.69) is 52.0 Å². The Morgan fingerprint density at radius 2 is 1.85 bits per heavy atom. The van der Waals surface area contributed by atoms with Crippen molar-refractivity contribution in [2.75, 3.05) is 5.32 Å². The Bertz CT molecular complexity index is 862. The summed E-state index contributed by atoms with van der Waals surface area (Å²) in [5.41, 5.74) is 4.36. The number of para-hydroxylation sites is 1. The van der Waals surface area contributed by atoms with Gasteiger partial charge in [0.15, 0.2) is 0 Å². The number of nitrogens with one attached hydrogen (secondary N) is 2. The van der Waals surface area contributed by atoms with E-state index in [9.17, 15) is 0 Å². The van der Waals surface area contributed by atoms with Crippen molar-refractivity contribution in [3.8, 4) is 0 Å². The lowest BCUT2D eigenvalue weighted by molar-refractivity contribution is 0.341. The third-order valence-electron chi connectivity index (χ3n) is 5.24. The molecule has 4 heteroatoms. The summed E-state index contributed by atoms with van der Waals surface area (Å²) >= 11 is 0. The van der Waals surface area contributed by atoms with Crippen LogP contribution in [0.3, 0.4) is 0 Å². The van der Waals surface area contributed by atoms with E-state index in [1.54, 1.807) is 0 Å². The van der Waals surface area contributed by atoms with Crippen LogP contribution in [0.15, 0.2) is 54.7 Å². The van der Waals surface area contributed by atoms with Crippen LogP contribution in [0.25, 0.3) is 10.9 Å². The Kier molecular flexibility index (Phi) is 5.12. The van der Waals surface area contributed by atoms with Crippen LogP contribution in [-0.4, -0.2) is 22.1 Å². The van der Waals surface area contributed by atoms with E-state index in [-0.39, 0.29) is 0 Å². The fraction of sp³-hybridized carbons (Fsp3) is 0.364. The Hall–Kier alpha value is -2.46. The number of aromatic nitrogens is 2. The normalized spacial score (nSPS) is 20.2. The highest BCUT2D eigenvalue weighted by Crippen LogP contribution is 2.27. The van der Waals surface area contributed by atoms with Crippen LogP contribution in [0.4, 0.5) is 5.69 Å². The molecule has 1 aliphatic carbocycles. The molecule has 4 rings (SSSR count). The van der Waals surface area contributed by atoms with Crippen molar-refractivity contribution in [3.63, 3.8) is 0 Å². The van der Waals surface area contributed by atoms with E-state index in [1.165, 1.54) is 31.1 Å². The second kappa shape index (κ2) is 7.83. The first-order chi connectivity index (χ1) is 12.8. The van der Waals surface area contributed by atoms with Gasteiger partial charge in [-0.15, -0.1) is 0 Å². The summed E-state index contributed by atoms with van der Waals surface area (Å²) < 4.78 is 0. The maximum atomic E-state index is 4.77. The number of anilines is 1. The molecule has 0 radical (unpaired) electrons. The molecule has 3 aromatic rings. The van der Waals surface area contributed by atoms with E-state index in [4.69, 9.17) is 4.98 Å². The molecule has 0 amide bonds. The highest BCUT2D eigenvalue weighted by Gasteiger charge is 2.25. The van der Waals surface area contributed by atoms with Crippen molar-refractivity contribution in [1.29, 1.82) is 0 Å². The molecule has 2 N–H and O–H groups in total. The summed E-state index contributed by atoms with van der Waals surface area (Å²) in [6.45, 7) is 2.87. The lowest BCUT2D eigenvalue weighted by atomic mass is 9.90. The summed E-state index contributed by atoms with van der Waals surface area (Å²) in [7, 11) is 0. The number of benzene rings is 1. The molecule has 1 aromatic carbocycles. The highest BCUT2D eigenvalue weighted by molar-refractivity contribution is 5.90. The molecule has 0 unspecified atom stereocenters. The van der Waals surface area contributed by atoms with Gasteiger partial charge < -0.3 is 10.6 Å². The molecule has 2 atom stereocenters. The lowest BCUT2D eigenvalue weighted by Crippen LogP contribution is -2.46. The van der Waals surface area contributed by atoms with Crippen LogP contribution >= 0.6 is 0 Å². The van der Waals surface area contributed by atoms with Crippen LogP contribution in [0.5, 0.6) is 0 Å². The number of hydrogen-bond donors (Lipinski definition) is 2. The van der Waals surface area contributed by atoms with Gasteiger partial charge in [-0.25, -0.2) is 0 Å². The fourth-order valence-electron chi connectivity index (χ4n) is 3.85. The standard InChI is InChI=1S/C22H26N4/c1-16-12-13-17-7-6-11-21(22(17)25-16)26-20-10-3-2-9-19(20)24-15-18-8-4-5-14-23-18/h4-8,11-14,19-20,24,26H,2-3,9-10,15H2,1H3/t19-,20-/m0/s1. The minimum Gasteiger partial charge on any atom is -0.379 e. The van der Waals surface area contributed by atoms with E-state index >= 15 is 0 Å². The number of fused-ring (bicyclic) bond motifs is 1. The molecular weight excluding hydrogens is 320 g/mol. The minimum atomic E-state index is 0.417. The van der Waals surface area contributed by atoms with E-state index in [1.807, 2.05) is 25.3 Å². The summed E-state index contributed by atoms with van der Waals surface area (Å²) in [6.07, 6.45) is 6.79. The average molecular weight is 346 g/mol. The van der Waals surface area contributed by atoms with Gasteiger partial charge in [0.05, 0.1) is 16.9 Å². The zero-order valence-corrected chi connectivity index (χ0v) is 15.3. The van der Waals surface area contributed by atoms with Crippen LogP contribution in [0, 0.1) is 6.92 Å². The Morgan fingerprint density at radius 1 is 0.962 bits per heavy atom. The number of aryl methyl sites for hydroxylation is 1. The number of rotatable bonds is 5. The van der Waals surface area contributed by atoms with Gasteiger partial charge in [0.2, 0.25) is 0 Å². The third-order valence-corrected chi connectivity index (χ3v) is 5.24. The summed E-state index contributed by atoms with van der Waals surface area (Å²) in [5, 5.41) is 8.70. The molecule has 0 saturated heterocycles. The molecule has 134 valence electrons. The second-order valence-electron chi connectivity index (χ2n) is 7.17. The minimum absolute atomic E-state index is 0.417. The monoisotopic (exact) mass is 346 g/mol. The van der Waals surface area contributed by atoms with Gasteiger partial charge in [0.25, 0.3) is 0 Å². The van der Waals surface area contributed by atoms with Crippen LogP contribution in [0.2, 0.25) is 0 Å². The fourth-order valence-corrected chi connectivity index (χ4v) is 3.85. The number of hydrogen-bond acceptors (Lipinski definition) is 4. The molecule has 1 fully saturated rings. The quantitative estimate of drug-likeness (QED) is 0.716. The van der Waals surface area contributed by atoms with Crippen molar-refractivity contribution in [1.82, 2.24) is 15.3 Å². The highest BCUT2D eigenvalue weighted by atomic mass is 15.0. The van der Waals surface area contributed by atoms with Crippen molar-refractivity contribution in [3.05, 3.63) is 66.1 Å². The van der Waals surface area contributed by atoms with Crippen LogP contribution in [-0.2, 0) is 6.54 Å². The largest absolute Gasteiger partial charge is 0.379 e. The smallest absolute Gasteiger partial charge is 0.0936 e. The maximum absolute atomic E-state index is 4.77. The predicted octanol–water partition coefficient (Wildman–Crippen LogP) is 4.45. The maximum Gasteiger partial charge on any atom is 0.0936 e. The number of nitrogens with zero attached hydrogens (tertiary/aromatic N) is 2. The van der Waals surface area contributed by atoms with Gasteiger partial charge in [-0.1, -0.05) is 37.1 Å². The molecule has 1 aliphatic rings. The van der Waals surface area contributed by atoms with E-state index in [0.717, 1.165) is 29.1 Å². The topological polar surface area (TPSA) is 49.8 Å². The Balaban J connectivity index is 1.51. The Morgan fingerprint density at radius 3 is 2.69 bits per heavy atom. The zero-order valence-electron chi connectivity index (χ0n) is 15.3. The molecule has 2 aromatic heterocycles. The Labute approximate surface area is 155 Å². The van der Waals surface area contributed by atoms with E-state index < -0.39 is 0 Å². The lowest BCUT2D eigenvalue weighted by Gasteiger charge is -2.34. The predicted molar refractivity (Wildman–Crippen MR) is 107 cm³/mol. The molecule has 1 saturated carbocycles. The van der Waals surface area contributed by atoms with Gasteiger partial charge in [0, 0.05) is 35.9 Å². The molecule has 26 heavy (non-hydrogen) atoms. The van der Waals surface area contributed by atoms with Gasteiger partial charge in [0.1, 0.15) is 0 Å². The third kappa shape index (κ3) is 3.86. The van der Waals surface area contributed by atoms with Crippen LogP contribution < -0.4 is 10.6 Å². The summed E-state index contributed by atoms with van der Waals surface area (Å²) in [6, 6.07) is 17.6.